The van der Waals surface area contributed by atoms with E-state index in [1.807, 2.05) is 0 Å². The number of ether oxygens (including phenoxy) is 1. The molecule has 0 unspecified atom stereocenters. The van der Waals surface area contributed by atoms with Crippen molar-refractivity contribution in [2.45, 2.75) is 34.1 Å². The lowest BCUT2D eigenvalue weighted by molar-refractivity contribution is -0.140. The second-order valence-corrected chi connectivity index (χ2v) is 3.78. The zero-order valence-corrected chi connectivity index (χ0v) is 10.1. The van der Waals surface area contributed by atoms with Crippen LogP contribution in [-0.2, 0) is 9.53 Å². The van der Waals surface area contributed by atoms with E-state index in [0.717, 1.165) is 0 Å². The Labute approximate surface area is 91.3 Å². The van der Waals surface area contributed by atoms with Crippen molar-refractivity contribution in [2.24, 2.45) is 0 Å². The summed E-state index contributed by atoms with van der Waals surface area (Å²) >= 11 is 0. The molecule has 0 saturated carbocycles. The van der Waals surface area contributed by atoms with Crippen molar-refractivity contribution in [1.29, 1.82) is 0 Å². The molecule has 15 heavy (non-hydrogen) atoms. The Bertz CT molecular complexity index is 360. The maximum Gasteiger partial charge on any atom is 0.305 e. The van der Waals surface area contributed by atoms with Gasteiger partial charge in [-0.05, 0) is 54.7 Å². The molecule has 0 aromatic heterocycles. The molecule has 0 N–H and O–H groups in total. The predicted octanol–water partition coefficient (Wildman–Crippen LogP) is 3.16. The van der Waals surface area contributed by atoms with Gasteiger partial charge in [-0.2, -0.15) is 0 Å². The topological polar surface area (TPSA) is 26.3 Å². The first-order chi connectivity index (χ1) is 7.02. The van der Waals surface area contributed by atoms with Crippen LogP contribution in [-0.4, -0.2) is 13.1 Å². The average molecular weight is 206 g/mol. The van der Waals surface area contributed by atoms with Gasteiger partial charge in [0.2, 0.25) is 0 Å². The van der Waals surface area contributed by atoms with Gasteiger partial charge in [-0.25, -0.2) is 0 Å². The minimum atomic E-state index is -0.157. The van der Waals surface area contributed by atoms with Crippen LogP contribution in [0.5, 0.6) is 0 Å². The molecule has 2 nitrogen and oxygen atoms in total. The van der Waals surface area contributed by atoms with Gasteiger partial charge in [-0.3, -0.25) is 4.79 Å². The molecule has 2 heteroatoms. The van der Waals surface area contributed by atoms with Crippen LogP contribution in [0.2, 0.25) is 0 Å². The van der Waals surface area contributed by atoms with Gasteiger partial charge >= 0.3 is 5.97 Å². The fraction of sp³-hybridized carbons (Fsp3) is 0.462. The number of benzene rings is 1. The smallest absolute Gasteiger partial charge is 0.305 e. The SMILES string of the molecule is CCC(=O)OC.Cc1c2cc-2c(C)c1C. The summed E-state index contributed by atoms with van der Waals surface area (Å²) in [6.07, 6.45) is 0.469. The highest BCUT2D eigenvalue weighted by molar-refractivity contribution is 5.89. The second-order valence-electron chi connectivity index (χ2n) is 3.78. The van der Waals surface area contributed by atoms with Gasteiger partial charge < -0.3 is 4.74 Å². The number of fused-ring (bicyclic) bond motifs is 1. The lowest BCUT2D eigenvalue weighted by atomic mass is 10.2. The summed E-state index contributed by atoms with van der Waals surface area (Å²) in [5, 5.41) is 0. The van der Waals surface area contributed by atoms with Gasteiger partial charge in [0.15, 0.2) is 0 Å². The van der Waals surface area contributed by atoms with Crippen LogP contribution in [0.4, 0.5) is 0 Å². The molecular formula is C13H18O2. The molecule has 0 aromatic carbocycles. The first-order valence-corrected chi connectivity index (χ1v) is 5.20. The predicted molar refractivity (Wildman–Crippen MR) is 62.0 cm³/mol. The largest absolute Gasteiger partial charge is 0.469 e. The van der Waals surface area contributed by atoms with Crippen LogP contribution in [0.15, 0.2) is 6.07 Å². The number of esters is 1. The summed E-state index contributed by atoms with van der Waals surface area (Å²) in [7, 11) is 1.38. The highest BCUT2D eigenvalue weighted by Crippen LogP contribution is 2.44. The van der Waals surface area contributed by atoms with Gasteiger partial charge in [0.25, 0.3) is 0 Å². The number of carbonyl (C=O) groups is 1. The normalized spacial score (nSPS) is 10.2. The Balaban J connectivity index is 0.000000167. The van der Waals surface area contributed by atoms with Gasteiger partial charge in [-0.15, -0.1) is 0 Å². The van der Waals surface area contributed by atoms with E-state index in [9.17, 15) is 4.79 Å². The van der Waals surface area contributed by atoms with Crippen LogP contribution in [0.25, 0.3) is 11.1 Å². The third-order valence-corrected chi connectivity index (χ3v) is 2.94. The van der Waals surface area contributed by atoms with E-state index in [0.29, 0.717) is 6.42 Å². The molecule has 0 aliphatic heterocycles. The second kappa shape index (κ2) is 4.47. The number of rotatable bonds is 1. The zero-order valence-electron chi connectivity index (χ0n) is 10.1. The molecule has 2 aliphatic rings. The molecular weight excluding hydrogens is 188 g/mol. The van der Waals surface area contributed by atoms with Crippen molar-refractivity contribution >= 4 is 5.97 Å². The quantitative estimate of drug-likeness (QED) is 0.670. The number of carbonyl (C=O) groups excluding carboxylic acids is 1. The summed E-state index contributed by atoms with van der Waals surface area (Å²) in [6.45, 7) is 8.35. The van der Waals surface area contributed by atoms with Gasteiger partial charge in [0.05, 0.1) is 7.11 Å². The molecule has 0 heterocycles. The maximum atomic E-state index is 9.96. The van der Waals surface area contributed by atoms with E-state index in [-0.39, 0.29) is 5.97 Å². The average Bonchev–Trinajstić information content (AvgIpc) is 3.01. The molecule has 82 valence electrons. The summed E-state index contributed by atoms with van der Waals surface area (Å²) < 4.78 is 4.26. The monoisotopic (exact) mass is 206 g/mol. The van der Waals surface area contributed by atoms with Crippen LogP contribution < -0.4 is 0 Å². The summed E-state index contributed by atoms with van der Waals surface area (Å²) in [5.74, 6) is -0.157. The molecule has 0 spiro atoms. The maximum absolute atomic E-state index is 9.96. The van der Waals surface area contributed by atoms with Crippen LogP contribution in [0.3, 0.4) is 0 Å². The molecule has 2 rings (SSSR count). The third-order valence-electron chi connectivity index (χ3n) is 2.94. The fourth-order valence-electron chi connectivity index (χ4n) is 1.56. The Morgan fingerprint density at radius 2 is 1.60 bits per heavy atom. The Hall–Kier alpha value is -1.31. The minimum Gasteiger partial charge on any atom is -0.469 e. The van der Waals surface area contributed by atoms with Crippen LogP contribution >= 0.6 is 0 Å². The standard InChI is InChI=1S/C9H10.C4H8O2/c1-5-6(2)8-4-9(8)7(5)3;1-3-4(5)6-2/h4H,1-3H3;3H2,1-2H3. The van der Waals surface area contributed by atoms with Crippen molar-refractivity contribution in [3.63, 3.8) is 0 Å². The highest BCUT2D eigenvalue weighted by atomic mass is 16.5. The van der Waals surface area contributed by atoms with E-state index in [2.05, 4.69) is 31.6 Å². The summed E-state index contributed by atoms with van der Waals surface area (Å²) in [4.78, 5) is 9.96. The van der Waals surface area contributed by atoms with Crippen molar-refractivity contribution in [1.82, 2.24) is 0 Å². The fourth-order valence-corrected chi connectivity index (χ4v) is 1.56. The van der Waals surface area contributed by atoms with Gasteiger partial charge in [0, 0.05) is 6.42 Å². The van der Waals surface area contributed by atoms with Crippen molar-refractivity contribution in [3.8, 4) is 11.1 Å². The minimum absolute atomic E-state index is 0.157. The Morgan fingerprint density at radius 1 is 1.13 bits per heavy atom. The van der Waals surface area contributed by atoms with Crippen molar-refractivity contribution in [3.05, 3.63) is 22.8 Å². The van der Waals surface area contributed by atoms with Gasteiger partial charge in [0.1, 0.15) is 0 Å². The molecule has 0 radical (unpaired) electrons. The van der Waals surface area contributed by atoms with E-state index >= 15 is 0 Å². The third kappa shape index (κ3) is 2.38. The zero-order chi connectivity index (χ0) is 11.6. The van der Waals surface area contributed by atoms with E-state index < -0.39 is 0 Å². The first kappa shape index (κ1) is 11.8. The molecule has 0 amide bonds. The lowest BCUT2D eigenvalue weighted by Gasteiger charge is -1.90. The molecule has 0 atom stereocenters. The highest BCUT2D eigenvalue weighted by Gasteiger charge is 2.21. The number of methoxy groups -OCH3 is 1. The van der Waals surface area contributed by atoms with Crippen molar-refractivity contribution < 1.29 is 9.53 Å². The molecule has 0 bridgehead atoms. The molecule has 0 saturated heterocycles. The Morgan fingerprint density at radius 3 is 1.73 bits per heavy atom. The first-order valence-electron chi connectivity index (χ1n) is 5.20. The number of hydrogen-bond donors (Lipinski definition) is 0. The van der Waals surface area contributed by atoms with Gasteiger partial charge in [-0.1, -0.05) is 6.92 Å². The number of hydrogen-bond acceptors (Lipinski definition) is 2. The Kier molecular flexibility index (Phi) is 3.51. The van der Waals surface area contributed by atoms with E-state index in [1.165, 1.54) is 34.9 Å². The molecule has 0 aromatic rings. The summed E-state index contributed by atoms with van der Waals surface area (Å²) in [6, 6.07) is 2.26. The van der Waals surface area contributed by atoms with Crippen LogP contribution in [0, 0.1) is 20.8 Å². The molecule has 0 fully saturated rings. The van der Waals surface area contributed by atoms with E-state index in [4.69, 9.17) is 0 Å². The lowest BCUT2D eigenvalue weighted by Crippen LogP contribution is -1.94. The summed E-state index contributed by atoms with van der Waals surface area (Å²) in [5.41, 5.74) is 7.47. The van der Waals surface area contributed by atoms with E-state index in [1.54, 1.807) is 6.92 Å². The van der Waals surface area contributed by atoms with Crippen LogP contribution in [0.1, 0.15) is 30.0 Å². The van der Waals surface area contributed by atoms with Crippen molar-refractivity contribution in [2.75, 3.05) is 7.11 Å². The molecule has 2 aliphatic carbocycles.